The highest BCUT2D eigenvalue weighted by molar-refractivity contribution is 8.05. The molecule has 1 nitrogen and oxygen atoms in total. The van der Waals surface area contributed by atoms with Crippen LogP contribution in [0, 0.1) is 0 Å². The van der Waals surface area contributed by atoms with Gasteiger partial charge < -0.3 is 4.57 Å². The van der Waals surface area contributed by atoms with Gasteiger partial charge in [-0.2, -0.15) is 0 Å². The van der Waals surface area contributed by atoms with Crippen molar-refractivity contribution in [1.29, 1.82) is 0 Å². The van der Waals surface area contributed by atoms with Crippen LogP contribution < -0.4 is 0 Å². The van der Waals surface area contributed by atoms with Gasteiger partial charge in [-0.25, -0.2) is 0 Å². The third-order valence-corrected chi connectivity index (χ3v) is 11.1. The number of aromatic nitrogens is 1. The van der Waals surface area contributed by atoms with Crippen LogP contribution in [0.25, 0.3) is 27.5 Å². The molecule has 0 bridgehead atoms. The Balaban J connectivity index is 1.51. The molecule has 0 unspecified atom stereocenters. The standard InChI is InChI=1S/C34H35NS2/c1-5-8-12-23-13-11-16-29-32(23)36-30-22-21-28-31(33(30)37-29)26-14-9-10-15-27(26)35(28)25-19-17-24(18-20-25)34(4,6-2)7-3/h9-11,13-22H,5-8,12H2,1-4H3. The average Bonchev–Trinajstić information content (AvgIpc) is 3.29. The summed E-state index contributed by atoms with van der Waals surface area (Å²) >= 11 is 3.93. The summed E-state index contributed by atoms with van der Waals surface area (Å²) in [4.78, 5) is 5.65. The van der Waals surface area contributed by atoms with E-state index >= 15 is 0 Å². The summed E-state index contributed by atoms with van der Waals surface area (Å²) in [6.45, 7) is 9.26. The van der Waals surface area contributed by atoms with Gasteiger partial charge in [0.25, 0.3) is 0 Å². The van der Waals surface area contributed by atoms with Crippen LogP contribution in [0.4, 0.5) is 0 Å². The minimum absolute atomic E-state index is 0.232. The van der Waals surface area contributed by atoms with Crippen LogP contribution >= 0.6 is 23.5 Å². The zero-order valence-corrected chi connectivity index (χ0v) is 23.9. The monoisotopic (exact) mass is 521 g/mol. The highest BCUT2D eigenvalue weighted by atomic mass is 32.2. The van der Waals surface area contributed by atoms with E-state index < -0.39 is 0 Å². The molecule has 0 saturated carbocycles. The lowest BCUT2D eigenvalue weighted by atomic mass is 9.78. The van der Waals surface area contributed by atoms with E-state index in [1.165, 1.54) is 71.0 Å². The fourth-order valence-corrected chi connectivity index (χ4v) is 8.28. The summed E-state index contributed by atoms with van der Waals surface area (Å²) < 4.78 is 2.46. The molecule has 0 atom stereocenters. The molecule has 0 radical (unpaired) electrons. The predicted molar refractivity (Wildman–Crippen MR) is 162 cm³/mol. The fraction of sp³-hybridized carbons (Fsp3) is 0.294. The number of hydrogen-bond donors (Lipinski definition) is 0. The van der Waals surface area contributed by atoms with Gasteiger partial charge in [0.15, 0.2) is 0 Å². The number of benzene rings is 4. The largest absolute Gasteiger partial charge is 0.309 e. The van der Waals surface area contributed by atoms with Gasteiger partial charge in [0.1, 0.15) is 0 Å². The zero-order chi connectivity index (χ0) is 25.6. The van der Waals surface area contributed by atoms with Crippen molar-refractivity contribution < 1.29 is 0 Å². The quantitative estimate of drug-likeness (QED) is 0.206. The minimum Gasteiger partial charge on any atom is -0.309 e. The zero-order valence-electron chi connectivity index (χ0n) is 22.3. The maximum atomic E-state index is 2.46. The molecule has 1 aromatic heterocycles. The summed E-state index contributed by atoms with van der Waals surface area (Å²) in [7, 11) is 0. The van der Waals surface area contributed by atoms with Gasteiger partial charge in [0.2, 0.25) is 0 Å². The Morgan fingerprint density at radius 1 is 0.703 bits per heavy atom. The maximum Gasteiger partial charge on any atom is 0.0553 e. The first kappa shape index (κ1) is 24.7. The highest BCUT2D eigenvalue weighted by Crippen LogP contribution is 2.53. The lowest BCUT2D eigenvalue weighted by molar-refractivity contribution is 0.439. The van der Waals surface area contributed by atoms with Crippen molar-refractivity contribution >= 4 is 45.3 Å². The number of unbranched alkanes of at least 4 members (excludes halogenated alkanes) is 1. The molecule has 0 saturated heterocycles. The molecule has 1 aliphatic rings. The van der Waals surface area contributed by atoms with E-state index in [1.54, 1.807) is 0 Å². The van der Waals surface area contributed by atoms with Crippen LogP contribution in [0.3, 0.4) is 0 Å². The Morgan fingerprint density at radius 3 is 2.19 bits per heavy atom. The molecule has 0 aliphatic carbocycles. The Labute approximate surface area is 229 Å². The molecule has 2 heterocycles. The normalized spacial score (nSPS) is 13.2. The van der Waals surface area contributed by atoms with E-state index in [1.807, 2.05) is 23.5 Å². The molecule has 1 aliphatic heterocycles. The molecule has 6 rings (SSSR count). The smallest absolute Gasteiger partial charge is 0.0553 e. The molecule has 0 spiro atoms. The molecule has 0 amide bonds. The number of rotatable bonds is 7. The second-order valence-corrected chi connectivity index (χ2v) is 12.6. The summed E-state index contributed by atoms with van der Waals surface area (Å²) in [5, 5.41) is 2.72. The van der Waals surface area contributed by atoms with Crippen LogP contribution in [0.15, 0.2) is 98.4 Å². The summed E-state index contributed by atoms with van der Waals surface area (Å²) in [6, 6.07) is 29.8. The van der Waals surface area contributed by atoms with Gasteiger partial charge in [-0.1, -0.05) is 100 Å². The molecular weight excluding hydrogens is 487 g/mol. The summed E-state index contributed by atoms with van der Waals surface area (Å²) in [5.74, 6) is 0. The van der Waals surface area contributed by atoms with E-state index in [4.69, 9.17) is 0 Å². The summed E-state index contributed by atoms with van der Waals surface area (Å²) in [5.41, 5.74) is 6.97. The summed E-state index contributed by atoms with van der Waals surface area (Å²) in [6.07, 6.45) is 5.95. The van der Waals surface area contributed by atoms with Crippen molar-refractivity contribution in [2.45, 2.75) is 84.8 Å². The SMILES string of the molecule is CCCCc1cccc2c1Sc1ccc3c(c1S2)c1ccccc1n3-c1ccc(C(C)(CC)CC)cc1. The van der Waals surface area contributed by atoms with Crippen LogP contribution in [-0.4, -0.2) is 4.57 Å². The van der Waals surface area contributed by atoms with Gasteiger partial charge in [-0.15, -0.1) is 0 Å². The maximum absolute atomic E-state index is 2.46. The Morgan fingerprint density at radius 2 is 1.43 bits per heavy atom. The van der Waals surface area contributed by atoms with Gasteiger partial charge in [0, 0.05) is 36.0 Å². The van der Waals surface area contributed by atoms with Crippen molar-refractivity contribution in [3.05, 3.63) is 90.0 Å². The molecule has 0 N–H and O–H groups in total. The third-order valence-electron chi connectivity index (χ3n) is 8.42. The Hall–Kier alpha value is -2.62. The second-order valence-electron chi connectivity index (χ2n) is 10.5. The van der Waals surface area contributed by atoms with E-state index in [-0.39, 0.29) is 5.41 Å². The molecule has 4 aromatic carbocycles. The molecule has 0 fully saturated rings. The van der Waals surface area contributed by atoms with E-state index in [0.29, 0.717) is 0 Å². The highest BCUT2D eigenvalue weighted by Gasteiger charge is 2.26. The number of fused-ring (bicyclic) bond motifs is 6. The first-order valence-electron chi connectivity index (χ1n) is 13.7. The first-order valence-corrected chi connectivity index (χ1v) is 15.4. The second kappa shape index (κ2) is 9.93. The fourth-order valence-electron chi connectivity index (χ4n) is 5.68. The van der Waals surface area contributed by atoms with Gasteiger partial charge >= 0.3 is 0 Å². The third kappa shape index (κ3) is 4.11. The van der Waals surface area contributed by atoms with Crippen LogP contribution in [0.5, 0.6) is 0 Å². The van der Waals surface area contributed by atoms with E-state index in [0.717, 1.165) is 19.3 Å². The van der Waals surface area contributed by atoms with Crippen LogP contribution in [-0.2, 0) is 11.8 Å². The van der Waals surface area contributed by atoms with Gasteiger partial charge in [-0.3, -0.25) is 0 Å². The molecule has 37 heavy (non-hydrogen) atoms. The van der Waals surface area contributed by atoms with Crippen molar-refractivity contribution in [3.63, 3.8) is 0 Å². The Bertz CT molecular complexity index is 1590. The predicted octanol–water partition coefficient (Wildman–Crippen LogP) is 10.8. The van der Waals surface area contributed by atoms with E-state index in [9.17, 15) is 0 Å². The lowest BCUT2D eigenvalue weighted by Gasteiger charge is -2.27. The average molecular weight is 522 g/mol. The van der Waals surface area contributed by atoms with Crippen LogP contribution in [0.2, 0.25) is 0 Å². The van der Waals surface area contributed by atoms with Gasteiger partial charge in [-0.05, 0) is 78.6 Å². The molecule has 3 heteroatoms. The van der Waals surface area contributed by atoms with Crippen molar-refractivity contribution in [3.8, 4) is 5.69 Å². The molecule has 5 aromatic rings. The lowest BCUT2D eigenvalue weighted by Crippen LogP contribution is -2.19. The number of hydrogen-bond acceptors (Lipinski definition) is 2. The van der Waals surface area contributed by atoms with Crippen molar-refractivity contribution in [2.75, 3.05) is 0 Å². The van der Waals surface area contributed by atoms with Crippen LogP contribution in [0.1, 0.15) is 64.5 Å². The topological polar surface area (TPSA) is 4.93 Å². The van der Waals surface area contributed by atoms with Crippen molar-refractivity contribution in [2.24, 2.45) is 0 Å². The minimum atomic E-state index is 0.232. The van der Waals surface area contributed by atoms with Crippen molar-refractivity contribution in [1.82, 2.24) is 4.57 Å². The molecule has 188 valence electrons. The molecular formula is C34H35NS2. The number of nitrogens with zero attached hydrogens (tertiary/aromatic N) is 1. The number of aryl methyl sites for hydroxylation is 1. The van der Waals surface area contributed by atoms with Gasteiger partial charge in [0.05, 0.1) is 11.0 Å². The first-order chi connectivity index (χ1) is 18.1. The Kier molecular flexibility index (Phi) is 6.63. The number of para-hydroxylation sites is 1. The van der Waals surface area contributed by atoms with E-state index in [2.05, 4.69) is 111 Å².